The van der Waals surface area contributed by atoms with Gasteiger partial charge in [-0.2, -0.15) is 0 Å². The molecular formula is C16H8O6S2-2. The van der Waals surface area contributed by atoms with Crippen molar-refractivity contribution in [2.24, 2.45) is 0 Å². The van der Waals surface area contributed by atoms with Crippen LogP contribution in [0.4, 0.5) is 0 Å². The zero-order chi connectivity index (χ0) is 17.8. The van der Waals surface area contributed by atoms with Gasteiger partial charge in [-0.05, 0) is 35.4 Å². The van der Waals surface area contributed by atoms with Crippen molar-refractivity contribution in [3.8, 4) is 33.5 Å². The molecule has 0 heterocycles. The van der Waals surface area contributed by atoms with Crippen molar-refractivity contribution in [1.82, 2.24) is 0 Å². The molecule has 0 aliphatic carbocycles. The molecule has 0 unspecified atom stereocenters. The first kappa shape index (κ1) is 17.7. The molecule has 0 N–H and O–H groups in total. The Hall–Kier alpha value is -2.62. The van der Waals surface area contributed by atoms with Gasteiger partial charge in [-0.1, -0.05) is 36.1 Å². The van der Waals surface area contributed by atoms with Crippen LogP contribution in [0.3, 0.4) is 0 Å². The van der Waals surface area contributed by atoms with E-state index in [2.05, 4.69) is 11.8 Å². The molecule has 0 saturated heterocycles. The Morgan fingerprint density at radius 3 is 1.12 bits per heavy atom. The predicted octanol–water partition coefficient (Wildman–Crippen LogP) is 1.06. The molecule has 0 aromatic heterocycles. The highest BCUT2D eigenvalue weighted by molar-refractivity contribution is 7.90. The Bertz CT molecular complexity index is 982. The van der Waals surface area contributed by atoms with E-state index in [1.807, 2.05) is 0 Å². The fourth-order valence-electron chi connectivity index (χ4n) is 1.73. The lowest BCUT2D eigenvalue weighted by Crippen LogP contribution is -1.91. The largest absolute Gasteiger partial charge is 0.738 e. The second-order valence-corrected chi connectivity index (χ2v) is 6.74. The van der Waals surface area contributed by atoms with Crippen molar-refractivity contribution in [3.05, 3.63) is 59.7 Å². The Morgan fingerprint density at radius 1 is 0.583 bits per heavy atom. The number of hydrogen-bond acceptors (Lipinski definition) is 6. The first-order valence-corrected chi connectivity index (χ1v) is 9.12. The van der Waals surface area contributed by atoms with E-state index < -0.39 is 20.2 Å². The maximum atomic E-state index is 10.4. The quantitative estimate of drug-likeness (QED) is 0.555. The molecule has 8 heteroatoms. The van der Waals surface area contributed by atoms with Gasteiger partial charge in [-0.15, -0.1) is 0 Å². The maximum absolute atomic E-state index is 10.4. The highest BCUT2D eigenvalue weighted by atomic mass is 32.2. The molecule has 0 atom stereocenters. The van der Waals surface area contributed by atoms with Crippen molar-refractivity contribution in [2.75, 3.05) is 0 Å². The lowest BCUT2D eigenvalue weighted by molar-refractivity contribution is 0.474. The lowest BCUT2D eigenvalue weighted by Gasteiger charge is -2.02. The molecule has 0 radical (unpaired) electrons. The van der Waals surface area contributed by atoms with Crippen LogP contribution in [0.1, 0.15) is 11.1 Å². The van der Waals surface area contributed by atoms with Gasteiger partial charge in [0.2, 0.25) is 0 Å². The molecule has 0 aliphatic rings. The standard InChI is InChI=1S/C16H10O6S2/c17-23(18,19)11-9-13-1-5-15(6-2-13)16-7-3-14(4-8-16)10-12-24(20,21)22/h1-8H,(H,17,18,19)(H,20,21,22)/p-2. The summed E-state index contributed by atoms with van der Waals surface area (Å²) in [7, 11) is -9.19. The van der Waals surface area contributed by atoms with Gasteiger partial charge in [-0.25, -0.2) is 16.8 Å². The minimum absolute atomic E-state index is 0.376. The van der Waals surface area contributed by atoms with E-state index >= 15 is 0 Å². The number of hydrogen-bond donors (Lipinski definition) is 0. The average Bonchev–Trinajstić information content (AvgIpc) is 2.51. The fraction of sp³-hybridized carbons (Fsp3) is 0. The summed E-state index contributed by atoms with van der Waals surface area (Å²) in [4.78, 5) is 0. The summed E-state index contributed by atoms with van der Waals surface area (Å²) in [5, 5.41) is 3.22. The van der Waals surface area contributed by atoms with Crippen LogP contribution in [0.25, 0.3) is 11.1 Å². The van der Waals surface area contributed by atoms with Crippen molar-refractivity contribution in [3.63, 3.8) is 0 Å². The molecule has 2 aromatic carbocycles. The van der Waals surface area contributed by atoms with Crippen molar-refractivity contribution < 1.29 is 25.9 Å². The monoisotopic (exact) mass is 360 g/mol. The van der Waals surface area contributed by atoms with Crippen LogP contribution in [0, 0.1) is 22.3 Å². The summed E-state index contributed by atoms with van der Waals surface area (Å²) >= 11 is 0. The van der Waals surface area contributed by atoms with Crippen molar-refractivity contribution >= 4 is 20.2 Å². The van der Waals surface area contributed by atoms with Gasteiger partial charge in [0.25, 0.3) is 0 Å². The summed E-state index contributed by atoms with van der Waals surface area (Å²) < 4.78 is 62.7. The van der Waals surface area contributed by atoms with E-state index in [-0.39, 0.29) is 0 Å². The molecular weight excluding hydrogens is 352 g/mol. The predicted molar refractivity (Wildman–Crippen MR) is 85.0 cm³/mol. The summed E-state index contributed by atoms with van der Waals surface area (Å²) in [5.41, 5.74) is 2.34. The molecule has 0 fully saturated rings. The summed E-state index contributed by atoms with van der Waals surface area (Å²) in [6.45, 7) is 0. The summed E-state index contributed by atoms with van der Waals surface area (Å²) in [5.74, 6) is 4.50. The van der Waals surface area contributed by atoms with Crippen LogP contribution in [0.2, 0.25) is 0 Å². The maximum Gasteiger partial charge on any atom is 0.165 e. The molecule has 0 amide bonds. The molecule has 2 aromatic rings. The Balaban J connectivity index is 2.23. The topological polar surface area (TPSA) is 114 Å². The van der Waals surface area contributed by atoms with Gasteiger partial charge in [0.15, 0.2) is 20.2 Å². The molecule has 0 saturated carbocycles. The first-order chi connectivity index (χ1) is 11.1. The van der Waals surface area contributed by atoms with E-state index in [4.69, 9.17) is 0 Å². The third-order valence-electron chi connectivity index (χ3n) is 2.74. The average molecular weight is 360 g/mol. The Kier molecular flexibility index (Phi) is 5.07. The second-order valence-electron chi connectivity index (χ2n) is 4.52. The third kappa shape index (κ3) is 5.88. The van der Waals surface area contributed by atoms with Gasteiger partial charge >= 0.3 is 0 Å². The SMILES string of the molecule is O=S(=O)([O-])C#Cc1ccc(-c2ccc(C#CS(=O)(=O)[O-])cc2)cc1. The van der Waals surface area contributed by atoms with E-state index in [1.165, 1.54) is 0 Å². The molecule has 6 nitrogen and oxygen atoms in total. The minimum Gasteiger partial charge on any atom is -0.738 e. The third-order valence-corrected chi connectivity index (χ3v) is 3.45. The van der Waals surface area contributed by atoms with Gasteiger partial charge in [0.1, 0.15) is 0 Å². The summed E-state index contributed by atoms with van der Waals surface area (Å²) in [6, 6.07) is 13.0. The number of rotatable bonds is 1. The van der Waals surface area contributed by atoms with Gasteiger partial charge < -0.3 is 9.11 Å². The zero-order valence-electron chi connectivity index (χ0n) is 11.9. The molecule has 122 valence electrons. The van der Waals surface area contributed by atoms with Crippen molar-refractivity contribution in [2.45, 2.75) is 0 Å². The van der Waals surface area contributed by atoms with E-state index in [0.29, 0.717) is 11.1 Å². The van der Waals surface area contributed by atoms with Gasteiger partial charge in [0, 0.05) is 21.6 Å². The molecule has 0 spiro atoms. The van der Waals surface area contributed by atoms with E-state index in [9.17, 15) is 25.9 Å². The molecule has 0 aliphatic heterocycles. The van der Waals surface area contributed by atoms with Gasteiger partial charge in [-0.3, -0.25) is 0 Å². The van der Waals surface area contributed by atoms with E-state index in [0.717, 1.165) is 11.1 Å². The lowest BCUT2D eigenvalue weighted by atomic mass is 10.0. The smallest absolute Gasteiger partial charge is 0.165 e. The highest BCUT2D eigenvalue weighted by Crippen LogP contribution is 2.20. The molecule has 0 bridgehead atoms. The van der Waals surface area contributed by atoms with Crippen LogP contribution in [-0.4, -0.2) is 25.9 Å². The normalized spacial score (nSPS) is 10.9. The van der Waals surface area contributed by atoms with Crippen LogP contribution < -0.4 is 0 Å². The van der Waals surface area contributed by atoms with Crippen molar-refractivity contribution in [1.29, 1.82) is 0 Å². The van der Waals surface area contributed by atoms with Crippen LogP contribution in [-0.2, 0) is 20.2 Å². The molecule has 2 rings (SSSR count). The Morgan fingerprint density at radius 2 is 0.875 bits per heavy atom. The minimum atomic E-state index is -4.59. The molecule has 24 heavy (non-hydrogen) atoms. The van der Waals surface area contributed by atoms with Crippen LogP contribution >= 0.6 is 0 Å². The number of benzene rings is 2. The van der Waals surface area contributed by atoms with E-state index in [1.54, 1.807) is 59.0 Å². The zero-order valence-corrected chi connectivity index (χ0v) is 13.5. The Labute approximate surface area is 139 Å². The van der Waals surface area contributed by atoms with Crippen LogP contribution in [0.5, 0.6) is 0 Å². The second kappa shape index (κ2) is 6.87. The van der Waals surface area contributed by atoms with Crippen LogP contribution in [0.15, 0.2) is 48.5 Å². The highest BCUT2D eigenvalue weighted by Gasteiger charge is 1.98. The summed E-state index contributed by atoms with van der Waals surface area (Å²) in [6.07, 6.45) is 0. The van der Waals surface area contributed by atoms with Gasteiger partial charge in [0.05, 0.1) is 0 Å². The fourth-order valence-corrected chi connectivity index (χ4v) is 2.22. The first-order valence-electron chi connectivity index (χ1n) is 6.30.